The Morgan fingerprint density at radius 3 is 3.05 bits per heavy atom. The number of rotatable bonds is 5. The van der Waals surface area contributed by atoms with E-state index in [1.54, 1.807) is 7.11 Å². The van der Waals surface area contributed by atoms with Gasteiger partial charge >= 0.3 is 0 Å². The molecule has 1 N–H and O–H groups in total. The molecule has 1 fully saturated rings. The van der Waals surface area contributed by atoms with Gasteiger partial charge in [-0.1, -0.05) is 11.6 Å². The van der Waals surface area contributed by atoms with Crippen LogP contribution in [0.4, 0.5) is 0 Å². The number of amides is 1. The highest BCUT2D eigenvalue weighted by Crippen LogP contribution is 2.23. The van der Waals surface area contributed by atoms with Crippen molar-refractivity contribution in [3.63, 3.8) is 0 Å². The van der Waals surface area contributed by atoms with Gasteiger partial charge in [-0.2, -0.15) is 0 Å². The van der Waals surface area contributed by atoms with Crippen LogP contribution in [0.5, 0.6) is 0 Å². The van der Waals surface area contributed by atoms with E-state index in [-0.39, 0.29) is 22.5 Å². The minimum Gasteiger partial charge on any atom is -0.385 e. The van der Waals surface area contributed by atoms with Crippen LogP contribution in [0, 0.1) is 0 Å². The van der Waals surface area contributed by atoms with Crippen LogP contribution in [-0.4, -0.2) is 42.1 Å². The van der Waals surface area contributed by atoms with Crippen LogP contribution in [0.1, 0.15) is 42.5 Å². The number of H-pyrrole nitrogens is 1. The second-order valence-corrected chi connectivity index (χ2v) is 5.76. The van der Waals surface area contributed by atoms with E-state index >= 15 is 0 Å². The van der Waals surface area contributed by atoms with Gasteiger partial charge in [-0.05, 0) is 38.2 Å². The molecule has 0 radical (unpaired) electrons. The summed E-state index contributed by atoms with van der Waals surface area (Å²) in [5.74, 6) is -0.0599. The van der Waals surface area contributed by atoms with Crippen molar-refractivity contribution in [1.82, 2.24) is 9.88 Å². The number of carbonyl (C=O) groups excluding carboxylic acids is 1. The first-order valence-corrected chi connectivity index (χ1v) is 7.69. The zero-order valence-electron chi connectivity index (χ0n) is 12.2. The average Bonchev–Trinajstić information content (AvgIpc) is 2.50. The second kappa shape index (κ2) is 7.61. The third-order valence-electron chi connectivity index (χ3n) is 3.88. The van der Waals surface area contributed by atoms with E-state index in [4.69, 9.17) is 16.3 Å². The predicted molar refractivity (Wildman–Crippen MR) is 81.9 cm³/mol. The molecule has 1 atom stereocenters. The largest absolute Gasteiger partial charge is 0.385 e. The van der Waals surface area contributed by atoms with Crippen molar-refractivity contribution < 1.29 is 9.53 Å². The maximum atomic E-state index is 12.6. The van der Waals surface area contributed by atoms with Gasteiger partial charge in [-0.15, -0.1) is 0 Å². The van der Waals surface area contributed by atoms with E-state index in [0.29, 0.717) is 12.2 Å². The van der Waals surface area contributed by atoms with Gasteiger partial charge < -0.3 is 14.6 Å². The van der Waals surface area contributed by atoms with Crippen LogP contribution in [0.15, 0.2) is 17.1 Å². The standard InChI is InChI=1S/C15H21ClN2O3/c1-21-8-4-6-12-5-2-3-7-18(12)15(20)11-9-13(16)14(19)17-10-11/h9-10,12H,2-8H2,1H3,(H,17,19)/t12-/m0/s1. The predicted octanol–water partition coefficient (Wildman–Crippen LogP) is 2.45. The Hall–Kier alpha value is -1.33. The molecule has 2 heterocycles. The van der Waals surface area contributed by atoms with Gasteiger partial charge in [-0.3, -0.25) is 9.59 Å². The number of hydrogen-bond donors (Lipinski definition) is 1. The zero-order valence-corrected chi connectivity index (χ0v) is 13.0. The fourth-order valence-corrected chi connectivity index (χ4v) is 2.95. The van der Waals surface area contributed by atoms with Gasteiger partial charge in [0.25, 0.3) is 11.5 Å². The van der Waals surface area contributed by atoms with Crippen LogP contribution in [0.2, 0.25) is 5.02 Å². The van der Waals surface area contributed by atoms with E-state index < -0.39 is 0 Å². The Kier molecular flexibility index (Phi) is 5.82. The summed E-state index contributed by atoms with van der Waals surface area (Å²) in [6, 6.07) is 1.69. The number of aromatic amines is 1. The first kappa shape index (κ1) is 16.0. The quantitative estimate of drug-likeness (QED) is 0.849. The maximum absolute atomic E-state index is 12.6. The smallest absolute Gasteiger partial charge is 0.266 e. The second-order valence-electron chi connectivity index (χ2n) is 5.35. The van der Waals surface area contributed by atoms with Crippen LogP contribution in [-0.2, 0) is 4.74 Å². The summed E-state index contributed by atoms with van der Waals surface area (Å²) in [6.45, 7) is 1.47. The van der Waals surface area contributed by atoms with Crippen molar-refractivity contribution >= 4 is 17.5 Å². The molecule has 116 valence electrons. The molecule has 1 aromatic heterocycles. The molecular formula is C15H21ClN2O3. The van der Waals surface area contributed by atoms with Crippen molar-refractivity contribution in [2.45, 2.75) is 38.1 Å². The third kappa shape index (κ3) is 4.08. The van der Waals surface area contributed by atoms with Gasteiger partial charge in [0, 0.05) is 32.5 Å². The van der Waals surface area contributed by atoms with Crippen molar-refractivity contribution in [2.24, 2.45) is 0 Å². The van der Waals surface area contributed by atoms with E-state index in [2.05, 4.69) is 4.98 Å². The van der Waals surface area contributed by atoms with Crippen LogP contribution < -0.4 is 5.56 Å². The molecule has 0 saturated carbocycles. The number of aromatic nitrogens is 1. The number of nitrogens with zero attached hydrogens (tertiary/aromatic N) is 1. The number of likely N-dealkylation sites (tertiary alicyclic amines) is 1. The summed E-state index contributed by atoms with van der Waals surface area (Å²) in [5.41, 5.74) is 0.0711. The summed E-state index contributed by atoms with van der Waals surface area (Å²) >= 11 is 5.80. The fraction of sp³-hybridized carbons (Fsp3) is 0.600. The molecule has 0 unspecified atom stereocenters. The molecule has 5 nitrogen and oxygen atoms in total. The van der Waals surface area contributed by atoms with E-state index in [0.717, 1.165) is 38.6 Å². The molecule has 0 bridgehead atoms. The summed E-state index contributed by atoms with van der Waals surface area (Å²) in [7, 11) is 1.69. The molecule has 1 saturated heterocycles. The highest BCUT2D eigenvalue weighted by Gasteiger charge is 2.27. The Morgan fingerprint density at radius 1 is 1.52 bits per heavy atom. The number of methoxy groups -OCH3 is 1. The van der Waals surface area contributed by atoms with Crippen molar-refractivity contribution in [2.75, 3.05) is 20.3 Å². The van der Waals surface area contributed by atoms with Crippen molar-refractivity contribution in [1.29, 1.82) is 0 Å². The molecule has 2 rings (SSSR count). The van der Waals surface area contributed by atoms with Gasteiger partial charge in [0.1, 0.15) is 5.02 Å². The summed E-state index contributed by atoms with van der Waals surface area (Å²) in [6.07, 6.45) is 6.51. The van der Waals surface area contributed by atoms with Gasteiger partial charge in [-0.25, -0.2) is 0 Å². The van der Waals surface area contributed by atoms with Crippen LogP contribution in [0.25, 0.3) is 0 Å². The highest BCUT2D eigenvalue weighted by atomic mass is 35.5. The summed E-state index contributed by atoms with van der Waals surface area (Å²) in [5, 5.41) is 0.0498. The molecular weight excluding hydrogens is 292 g/mol. The minimum absolute atomic E-state index is 0.0498. The molecule has 1 amide bonds. The Balaban J connectivity index is 2.10. The van der Waals surface area contributed by atoms with Crippen molar-refractivity contribution in [3.8, 4) is 0 Å². The molecule has 1 aliphatic rings. The molecule has 0 spiro atoms. The number of pyridine rings is 1. The van der Waals surface area contributed by atoms with Gasteiger partial charge in [0.15, 0.2) is 0 Å². The molecule has 21 heavy (non-hydrogen) atoms. The lowest BCUT2D eigenvalue weighted by molar-refractivity contribution is 0.0584. The van der Waals surface area contributed by atoms with E-state index in [1.165, 1.54) is 12.3 Å². The number of nitrogens with one attached hydrogen (secondary N) is 1. The molecule has 6 heteroatoms. The highest BCUT2D eigenvalue weighted by molar-refractivity contribution is 6.30. The zero-order chi connectivity index (χ0) is 15.2. The Morgan fingerprint density at radius 2 is 2.33 bits per heavy atom. The van der Waals surface area contributed by atoms with Crippen LogP contribution in [0.3, 0.4) is 0 Å². The lowest BCUT2D eigenvalue weighted by Gasteiger charge is -2.36. The molecule has 0 aliphatic carbocycles. The first-order chi connectivity index (χ1) is 10.1. The summed E-state index contributed by atoms with van der Waals surface area (Å²) < 4.78 is 5.08. The number of piperidine rings is 1. The van der Waals surface area contributed by atoms with Gasteiger partial charge in [0.05, 0.1) is 5.56 Å². The SMILES string of the molecule is COCCC[C@@H]1CCCCN1C(=O)c1c[nH]c(=O)c(Cl)c1. The normalized spacial score (nSPS) is 18.8. The number of halogens is 1. The topological polar surface area (TPSA) is 62.4 Å². The number of carbonyl (C=O) groups is 1. The lowest BCUT2D eigenvalue weighted by Crippen LogP contribution is -2.44. The van der Waals surface area contributed by atoms with E-state index in [9.17, 15) is 9.59 Å². The lowest BCUT2D eigenvalue weighted by atomic mass is 9.97. The first-order valence-electron chi connectivity index (χ1n) is 7.31. The van der Waals surface area contributed by atoms with Crippen molar-refractivity contribution in [3.05, 3.63) is 33.2 Å². The maximum Gasteiger partial charge on any atom is 0.266 e. The molecule has 1 aromatic rings. The third-order valence-corrected chi connectivity index (χ3v) is 4.16. The Labute approximate surface area is 129 Å². The Bertz CT molecular complexity index is 544. The number of ether oxygens (including phenoxy) is 1. The molecule has 0 aromatic carbocycles. The minimum atomic E-state index is -0.372. The van der Waals surface area contributed by atoms with Crippen LogP contribution >= 0.6 is 11.6 Å². The van der Waals surface area contributed by atoms with E-state index in [1.807, 2.05) is 4.90 Å². The number of hydrogen-bond acceptors (Lipinski definition) is 3. The average molecular weight is 313 g/mol. The molecule has 1 aliphatic heterocycles. The fourth-order valence-electron chi connectivity index (χ4n) is 2.78. The summed E-state index contributed by atoms with van der Waals surface area (Å²) in [4.78, 5) is 28.3. The van der Waals surface area contributed by atoms with Gasteiger partial charge in [0.2, 0.25) is 0 Å². The monoisotopic (exact) mass is 312 g/mol.